The van der Waals surface area contributed by atoms with Gasteiger partial charge in [-0.25, -0.2) is 23.4 Å². The van der Waals surface area contributed by atoms with Gasteiger partial charge in [-0.15, -0.1) is 5.10 Å². The molecule has 3 aromatic heterocycles. The summed E-state index contributed by atoms with van der Waals surface area (Å²) in [5.41, 5.74) is 1.64. The van der Waals surface area contributed by atoms with Gasteiger partial charge in [-0.1, -0.05) is 26.8 Å². The molecule has 0 bridgehead atoms. The van der Waals surface area contributed by atoms with Crippen LogP contribution in [0.4, 0.5) is 8.78 Å². The van der Waals surface area contributed by atoms with Crippen molar-refractivity contribution < 1.29 is 8.78 Å². The highest BCUT2D eigenvalue weighted by molar-refractivity contribution is 5.63. The Bertz CT molecular complexity index is 1310. The van der Waals surface area contributed by atoms with Crippen molar-refractivity contribution in [3.05, 3.63) is 83.6 Å². The van der Waals surface area contributed by atoms with E-state index in [2.05, 4.69) is 48.0 Å². The summed E-state index contributed by atoms with van der Waals surface area (Å²) in [5.74, 6) is -0.757. The summed E-state index contributed by atoms with van der Waals surface area (Å²) in [7, 11) is 0. The Labute approximate surface area is 190 Å². The minimum Gasteiger partial charge on any atom is -0.220 e. The summed E-state index contributed by atoms with van der Waals surface area (Å²) >= 11 is 0. The SMILES string of the molecule is CCC1c2cc(-c3c(F)cccc3F)nnc2C(C)(c2ccnc(-n3cccn3)n2)C1(C)C. The molecule has 6 nitrogen and oxygen atoms in total. The van der Waals surface area contributed by atoms with Crippen LogP contribution in [0.3, 0.4) is 0 Å². The fourth-order valence-corrected chi connectivity index (χ4v) is 5.27. The van der Waals surface area contributed by atoms with Crippen LogP contribution in [-0.4, -0.2) is 29.9 Å². The van der Waals surface area contributed by atoms with Crippen LogP contribution in [0.1, 0.15) is 57.0 Å². The van der Waals surface area contributed by atoms with Gasteiger partial charge in [0.15, 0.2) is 0 Å². The van der Waals surface area contributed by atoms with E-state index in [1.54, 1.807) is 29.3 Å². The number of halogens is 2. The highest BCUT2D eigenvalue weighted by Crippen LogP contribution is 2.61. The largest absolute Gasteiger partial charge is 0.250 e. The molecule has 8 heteroatoms. The highest BCUT2D eigenvalue weighted by atomic mass is 19.1. The maximum Gasteiger partial charge on any atom is 0.250 e. The molecular weight excluding hydrogens is 422 g/mol. The second-order valence-electron chi connectivity index (χ2n) is 9.13. The van der Waals surface area contributed by atoms with Gasteiger partial charge in [-0.05, 0) is 60.6 Å². The lowest BCUT2D eigenvalue weighted by Crippen LogP contribution is -2.40. The van der Waals surface area contributed by atoms with Crippen LogP contribution < -0.4 is 0 Å². The van der Waals surface area contributed by atoms with Gasteiger partial charge in [0.2, 0.25) is 0 Å². The van der Waals surface area contributed by atoms with Crippen molar-refractivity contribution in [2.75, 3.05) is 0 Å². The molecular formula is C25H24F2N6. The zero-order chi connectivity index (χ0) is 23.4. The molecule has 4 aromatic rings. The van der Waals surface area contributed by atoms with E-state index in [-0.39, 0.29) is 22.6 Å². The lowest BCUT2D eigenvalue weighted by molar-refractivity contribution is 0.189. The van der Waals surface area contributed by atoms with Gasteiger partial charge < -0.3 is 0 Å². The van der Waals surface area contributed by atoms with Crippen molar-refractivity contribution in [2.24, 2.45) is 5.41 Å². The first-order valence-corrected chi connectivity index (χ1v) is 10.9. The van der Waals surface area contributed by atoms with Crippen molar-refractivity contribution in [2.45, 2.75) is 45.4 Å². The topological polar surface area (TPSA) is 69.4 Å². The van der Waals surface area contributed by atoms with Crippen LogP contribution in [0.25, 0.3) is 17.2 Å². The van der Waals surface area contributed by atoms with Crippen LogP contribution in [0.15, 0.2) is 55.0 Å². The molecule has 2 atom stereocenters. The molecule has 2 unspecified atom stereocenters. The first-order valence-electron chi connectivity index (χ1n) is 10.9. The maximum atomic E-state index is 14.5. The van der Waals surface area contributed by atoms with Crippen LogP contribution in [0.2, 0.25) is 0 Å². The van der Waals surface area contributed by atoms with E-state index < -0.39 is 17.0 Å². The van der Waals surface area contributed by atoms with Gasteiger partial charge in [-0.3, -0.25) is 0 Å². The normalized spacial score (nSPS) is 21.2. The van der Waals surface area contributed by atoms with Gasteiger partial charge in [-0.2, -0.15) is 10.2 Å². The lowest BCUT2D eigenvalue weighted by atomic mass is 9.62. The quantitative estimate of drug-likeness (QED) is 0.429. The fourth-order valence-electron chi connectivity index (χ4n) is 5.27. The number of fused-ring (bicyclic) bond motifs is 1. The molecule has 1 aliphatic carbocycles. The van der Waals surface area contributed by atoms with Crippen LogP contribution >= 0.6 is 0 Å². The molecule has 33 heavy (non-hydrogen) atoms. The van der Waals surface area contributed by atoms with Gasteiger partial charge in [0, 0.05) is 18.6 Å². The fraction of sp³-hybridized carbons (Fsp3) is 0.320. The summed E-state index contributed by atoms with van der Waals surface area (Å²) in [6, 6.07) is 9.31. The molecule has 0 radical (unpaired) electrons. The van der Waals surface area contributed by atoms with E-state index in [1.807, 2.05) is 12.1 Å². The molecule has 0 fully saturated rings. The third-order valence-corrected chi connectivity index (χ3v) is 7.32. The van der Waals surface area contributed by atoms with E-state index >= 15 is 0 Å². The monoisotopic (exact) mass is 446 g/mol. The number of benzene rings is 1. The Balaban J connectivity index is 1.71. The molecule has 3 heterocycles. The Morgan fingerprint density at radius 2 is 1.76 bits per heavy atom. The second kappa shape index (κ2) is 7.50. The molecule has 1 aromatic carbocycles. The van der Waals surface area contributed by atoms with Crippen LogP contribution in [0, 0.1) is 17.0 Å². The van der Waals surface area contributed by atoms with Crippen molar-refractivity contribution in [3.63, 3.8) is 0 Å². The number of hydrogen-bond donors (Lipinski definition) is 0. The van der Waals surface area contributed by atoms with E-state index in [0.29, 0.717) is 5.95 Å². The third-order valence-electron chi connectivity index (χ3n) is 7.32. The summed E-state index contributed by atoms with van der Waals surface area (Å²) in [4.78, 5) is 9.21. The summed E-state index contributed by atoms with van der Waals surface area (Å²) in [5, 5.41) is 13.1. The molecule has 0 aliphatic heterocycles. The Morgan fingerprint density at radius 1 is 1.00 bits per heavy atom. The first kappa shape index (κ1) is 21.3. The Morgan fingerprint density at radius 3 is 2.42 bits per heavy atom. The second-order valence-corrected chi connectivity index (χ2v) is 9.13. The third kappa shape index (κ3) is 3.00. The minimum atomic E-state index is -0.656. The number of aromatic nitrogens is 6. The predicted molar refractivity (Wildman–Crippen MR) is 120 cm³/mol. The van der Waals surface area contributed by atoms with Crippen molar-refractivity contribution in [3.8, 4) is 17.2 Å². The summed E-state index contributed by atoms with van der Waals surface area (Å²) in [6.07, 6.45) is 6.02. The van der Waals surface area contributed by atoms with Gasteiger partial charge in [0.25, 0.3) is 5.95 Å². The van der Waals surface area contributed by atoms with Crippen LogP contribution in [-0.2, 0) is 5.41 Å². The Hall–Kier alpha value is -3.55. The molecule has 0 amide bonds. The molecule has 168 valence electrons. The lowest BCUT2D eigenvalue weighted by Gasteiger charge is -2.41. The van der Waals surface area contributed by atoms with Gasteiger partial charge in [0.1, 0.15) is 11.6 Å². The van der Waals surface area contributed by atoms with Crippen molar-refractivity contribution >= 4 is 0 Å². The molecule has 0 spiro atoms. The van der Waals surface area contributed by atoms with Gasteiger partial charge in [0.05, 0.1) is 28.1 Å². The minimum absolute atomic E-state index is 0.0877. The standard InChI is InChI=1S/C25H24F2N6/c1-5-16-15-14-19(21-17(26)8-6-9-18(21)27)31-32-22(15)25(4,24(16,2)3)20-10-12-28-23(30-20)33-13-7-11-29-33/h6-14,16H,5H2,1-4H3. The summed E-state index contributed by atoms with van der Waals surface area (Å²) in [6.45, 7) is 8.58. The molecule has 0 saturated carbocycles. The highest BCUT2D eigenvalue weighted by Gasteiger charge is 2.57. The smallest absolute Gasteiger partial charge is 0.220 e. The van der Waals surface area contributed by atoms with Crippen LogP contribution in [0.5, 0.6) is 0 Å². The van der Waals surface area contributed by atoms with Crippen molar-refractivity contribution in [1.82, 2.24) is 29.9 Å². The van der Waals surface area contributed by atoms with E-state index in [9.17, 15) is 8.78 Å². The first-order chi connectivity index (χ1) is 15.8. The van der Waals surface area contributed by atoms with E-state index in [1.165, 1.54) is 18.2 Å². The molecule has 5 rings (SSSR count). The predicted octanol–water partition coefficient (Wildman–Crippen LogP) is 5.24. The van der Waals surface area contributed by atoms with E-state index in [4.69, 9.17) is 4.98 Å². The maximum absolute atomic E-state index is 14.5. The average molecular weight is 447 g/mol. The zero-order valence-electron chi connectivity index (χ0n) is 18.9. The molecule has 1 aliphatic rings. The van der Waals surface area contributed by atoms with E-state index in [0.717, 1.165) is 23.4 Å². The number of hydrogen-bond acceptors (Lipinski definition) is 5. The average Bonchev–Trinajstić information content (AvgIpc) is 3.39. The number of rotatable bonds is 4. The molecule has 0 N–H and O–H groups in total. The number of nitrogens with zero attached hydrogens (tertiary/aromatic N) is 6. The van der Waals surface area contributed by atoms with Crippen molar-refractivity contribution in [1.29, 1.82) is 0 Å². The Kier molecular flexibility index (Phi) is 4.84. The summed E-state index contributed by atoms with van der Waals surface area (Å²) < 4.78 is 30.6. The van der Waals surface area contributed by atoms with Gasteiger partial charge >= 0.3 is 0 Å². The zero-order valence-corrected chi connectivity index (χ0v) is 18.9. The molecule has 0 saturated heterocycles.